The fraction of sp³-hybridized carbons (Fsp3) is 0.571. The van der Waals surface area contributed by atoms with Gasteiger partial charge in [-0.1, -0.05) is 0 Å². The second kappa shape index (κ2) is 4.77. The minimum atomic E-state index is -2.65. The van der Waals surface area contributed by atoms with Crippen molar-refractivity contribution in [1.29, 1.82) is 0 Å². The van der Waals surface area contributed by atoms with Crippen LogP contribution in [0.4, 0.5) is 20.2 Å². The molecule has 0 bridgehead atoms. The SMILES string of the molecule is CC(F)(F)CN1CCN2c3ccc(N)cc3OC[C@H]2C1. The fourth-order valence-electron chi connectivity index (χ4n) is 2.99. The summed E-state index contributed by atoms with van der Waals surface area (Å²) < 4.78 is 31.9. The van der Waals surface area contributed by atoms with Gasteiger partial charge < -0.3 is 15.4 Å². The molecule has 1 atom stereocenters. The molecular weight excluding hydrogens is 264 g/mol. The summed E-state index contributed by atoms with van der Waals surface area (Å²) in [7, 11) is 0. The van der Waals surface area contributed by atoms with Gasteiger partial charge in [0.05, 0.1) is 18.3 Å². The van der Waals surface area contributed by atoms with Crippen molar-refractivity contribution >= 4 is 11.4 Å². The molecule has 2 heterocycles. The van der Waals surface area contributed by atoms with Crippen LogP contribution in [0, 0.1) is 0 Å². The van der Waals surface area contributed by atoms with Crippen molar-refractivity contribution in [1.82, 2.24) is 4.90 Å². The minimum absolute atomic E-state index is 0.127. The molecular formula is C14H19F2N3O. The van der Waals surface area contributed by atoms with E-state index in [2.05, 4.69) is 4.90 Å². The molecule has 0 aromatic heterocycles. The van der Waals surface area contributed by atoms with Gasteiger partial charge in [0.2, 0.25) is 0 Å². The number of alkyl halides is 2. The maximum atomic E-state index is 13.1. The van der Waals surface area contributed by atoms with E-state index < -0.39 is 5.92 Å². The van der Waals surface area contributed by atoms with Crippen LogP contribution in [0.25, 0.3) is 0 Å². The van der Waals surface area contributed by atoms with Crippen molar-refractivity contribution in [3.05, 3.63) is 18.2 Å². The maximum Gasteiger partial charge on any atom is 0.257 e. The zero-order valence-corrected chi connectivity index (χ0v) is 11.5. The van der Waals surface area contributed by atoms with Crippen molar-refractivity contribution in [3.63, 3.8) is 0 Å². The van der Waals surface area contributed by atoms with Crippen LogP contribution in [-0.2, 0) is 0 Å². The van der Waals surface area contributed by atoms with E-state index in [1.165, 1.54) is 0 Å². The van der Waals surface area contributed by atoms with Gasteiger partial charge in [-0.15, -0.1) is 0 Å². The Hall–Kier alpha value is -1.56. The lowest BCUT2D eigenvalue weighted by Gasteiger charge is -2.46. The van der Waals surface area contributed by atoms with Crippen LogP contribution in [-0.4, -0.2) is 49.7 Å². The molecule has 1 aromatic carbocycles. The van der Waals surface area contributed by atoms with E-state index in [-0.39, 0.29) is 12.6 Å². The van der Waals surface area contributed by atoms with E-state index in [0.717, 1.165) is 24.9 Å². The topological polar surface area (TPSA) is 41.7 Å². The summed E-state index contributed by atoms with van der Waals surface area (Å²) in [4.78, 5) is 4.05. The molecule has 2 aliphatic heterocycles. The molecule has 0 spiro atoms. The van der Waals surface area contributed by atoms with Gasteiger partial charge >= 0.3 is 0 Å². The molecule has 0 aliphatic carbocycles. The Bertz CT molecular complexity index is 504. The lowest BCUT2D eigenvalue weighted by atomic mass is 10.1. The van der Waals surface area contributed by atoms with Gasteiger partial charge in [0, 0.05) is 38.3 Å². The van der Waals surface area contributed by atoms with E-state index >= 15 is 0 Å². The van der Waals surface area contributed by atoms with Crippen molar-refractivity contribution in [3.8, 4) is 5.75 Å². The van der Waals surface area contributed by atoms with Crippen molar-refractivity contribution in [2.75, 3.05) is 43.4 Å². The number of hydrogen-bond acceptors (Lipinski definition) is 4. The summed E-state index contributed by atoms with van der Waals surface area (Å²) in [6.45, 7) is 3.28. The average Bonchev–Trinajstić information content (AvgIpc) is 2.36. The van der Waals surface area contributed by atoms with Gasteiger partial charge in [-0.2, -0.15) is 0 Å². The standard InChI is InChI=1S/C14H19F2N3O/c1-14(15,16)9-18-4-5-19-11(7-18)8-20-13-6-10(17)2-3-12(13)19/h2-3,6,11H,4-5,7-9,17H2,1H3/t11-/m1/s1. The quantitative estimate of drug-likeness (QED) is 0.841. The smallest absolute Gasteiger partial charge is 0.257 e. The number of nitrogens with zero attached hydrogens (tertiary/aromatic N) is 2. The van der Waals surface area contributed by atoms with Crippen LogP contribution >= 0.6 is 0 Å². The summed E-state index contributed by atoms with van der Waals surface area (Å²) >= 11 is 0. The van der Waals surface area contributed by atoms with Crippen LogP contribution in [0.1, 0.15) is 6.92 Å². The predicted molar refractivity (Wildman–Crippen MR) is 74.5 cm³/mol. The lowest BCUT2D eigenvalue weighted by Crippen LogP contribution is -2.58. The second-order valence-corrected chi connectivity index (χ2v) is 5.69. The van der Waals surface area contributed by atoms with Gasteiger partial charge in [-0.3, -0.25) is 4.90 Å². The molecule has 110 valence electrons. The molecule has 3 rings (SSSR count). The summed E-state index contributed by atoms with van der Waals surface area (Å²) in [6, 6.07) is 5.73. The van der Waals surface area contributed by atoms with E-state index in [1.807, 2.05) is 23.1 Å². The average molecular weight is 283 g/mol. The molecule has 0 radical (unpaired) electrons. The van der Waals surface area contributed by atoms with E-state index in [0.29, 0.717) is 25.4 Å². The first-order chi connectivity index (χ1) is 9.42. The van der Waals surface area contributed by atoms with Crippen LogP contribution in [0.15, 0.2) is 18.2 Å². The Labute approximate surface area is 117 Å². The van der Waals surface area contributed by atoms with E-state index in [9.17, 15) is 8.78 Å². The Morgan fingerprint density at radius 2 is 2.20 bits per heavy atom. The number of halogens is 2. The Morgan fingerprint density at radius 3 is 2.95 bits per heavy atom. The summed E-state index contributed by atoms with van der Waals surface area (Å²) in [5.41, 5.74) is 7.44. The number of nitrogen functional groups attached to an aromatic ring is 1. The Balaban J connectivity index is 1.74. The van der Waals surface area contributed by atoms with E-state index in [1.54, 1.807) is 0 Å². The number of ether oxygens (including phenoxy) is 1. The molecule has 0 amide bonds. The van der Waals surface area contributed by atoms with E-state index in [4.69, 9.17) is 10.5 Å². The zero-order chi connectivity index (χ0) is 14.3. The Kier molecular flexibility index (Phi) is 3.20. The molecule has 0 unspecified atom stereocenters. The normalized spacial score (nSPS) is 22.9. The van der Waals surface area contributed by atoms with Crippen molar-refractivity contribution in [2.24, 2.45) is 0 Å². The second-order valence-electron chi connectivity index (χ2n) is 5.69. The number of nitrogens with two attached hydrogens (primary N) is 1. The summed E-state index contributed by atoms with van der Waals surface area (Å²) in [5.74, 6) is -1.86. The molecule has 20 heavy (non-hydrogen) atoms. The maximum absolute atomic E-state index is 13.1. The highest BCUT2D eigenvalue weighted by Crippen LogP contribution is 2.36. The molecule has 2 aliphatic rings. The molecule has 1 fully saturated rings. The van der Waals surface area contributed by atoms with Gasteiger partial charge in [-0.05, 0) is 12.1 Å². The molecule has 4 nitrogen and oxygen atoms in total. The molecule has 1 saturated heterocycles. The molecule has 6 heteroatoms. The van der Waals surface area contributed by atoms with Crippen LogP contribution in [0.5, 0.6) is 5.75 Å². The first kappa shape index (κ1) is 13.4. The van der Waals surface area contributed by atoms with Gasteiger partial charge in [0.1, 0.15) is 12.4 Å². The van der Waals surface area contributed by atoms with Crippen LogP contribution in [0.3, 0.4) is 0 Å². The first-order valence-electron chi connectivity index (χ1n) is 6.81. The first-order valence-corrected chi connectivity index (χ1v) is 6.81. The number of benzene rings is 1. The Morgan fingerprint density at radius 1 is 1.40 bits per heavy atom. The number of fused-ring (bicyclic) bond motifs is 3. The largest absolute Gasteiger partial charge is 0.489 e. The lowest BCUT2D eigenvalue weighted by molar-refractivity contribution is -0.0206. The van der Waals surface area contributed by atoms with Crippen molar-refractivity contribution in [2.45, 2.75) is 18.9 Å². The molecule has 1 aromatic rings. The van der Waals surface area contributed by atoms with Gasteiger partial charge in [0.15, 0.2) is 0 Å². The van der Waals surface area contributed by atoms with Gasteiger partial charge in [-0.25, -0.2) is 8.78 Å². The number of rotatable bonds is 2. The van der Waals surface area contributed by atoms with Crippen LogP contribution < -0.4 is 15.4 Å². The predicted octanol–water partition coefficient (Wildman–Crippen LogP) is 1.81. The third kappa shape index (κ3) is 2.65. The third-order valence-corrected chi connectivity index (χ3v) is 3.79. The number of piperazine rings is 1. The summed E-state index contributed by atoms with van der Waals surface area (Å²) in [6.07, 6.45) is 0. The zero-order valence-electron chi connectivity index (χ0n) is 11.5. The summed E-state index contributed by atoms with van der Waals surface area (Å²) in [5, 5.41) is 0. The number of hydrogen-bond donors (Lipinski definition) is 1. The van der Waals surface area contributed by atoms with Crippen molar-refractivity contribution < 1.29 is 13.5 Å². The highest BCUT2D eigenvalue weighted by molar-refractivity contribution is 5.66. The molecule has 2 N–H and O–H groups in total. The van der Waals surface area contributed by atoms with Gasteiger partial charge in [0.25, 0.3) is 5.92 Å². The fourth-order valence-corrected chi connectivity index (χ4v) is 2.99. The number of anilines is 2. The van der Waals surface area contributed by atoms with Crippen LogP contribution in [0.2, 0.25) is 0 Å². The molecule has 0 saturated carbocycles. The minimum Gasteiger partial charge on any atom is -0.489 e. The highest BCUT2D eigenvalue weighted by Gasteiger charge is 2.35. The highest BCUT2D eigenvalue weighted by atomic mass is 19.3. The third-order valence-electron chi connectivity index (χ3n) is 3.79. The monoisotopic (exact) mass is 283 g/mol.